The van der Waals surface area contributed by atoms with Gasteiger partial charge >= 0.3 is 5.69 Å². The molecule has 2 rings (SSSR count). The lowest BCUT2D eigenvalue weighted by molar-refractivity contribution is -0.386. The summed E-state index contributed by atoms with van der Waals surface area (Å²) in [6.45, 7) is 4.40. The molecule has 5 nitrogen and oxygen atoms in total. The molecule has 110 valence electrons. The standard InChI is InChI=1S/C16H18N2O3/c1-11-5-4-6-15(16(11)18(19)20)21-14-8-7-13(10-17-3)9-12(14)2/h4-9,17H,10H2,1-3H3. The van der Waals surface area contributed by atoms with E-state index in [1.54, 1.807) is 25.1 Å². The predicted molar refractivity (Wildman–Crippen MR) is 81.9 cm³/mol. The van der Waals surface area contributed by atoms with Crippen molar-refractivity contribution in [2.45, 2.75) is 20.4 Å². The van der Waals surface area contributed by atoms with E-state index in [9.17, 15) is 10.1 Å². The van der Waals surface area contributed by atoms with Crippen molar-refractivity contribution >= 4 is 5.69 Å². The molecule has 0 saturated carbocycles. The van der Waals surface area contributed by atoms with Gasteiger partial charge in [0.2, 0.25) is 5.75 Å². The van der Waals surface area contributed by atoms with Gasteiger partial charge in [-0.3, -0.25) is 10.1 Å². The Morgan fingerprint density at radius 1 is 1.14 bits per heavy atom. The van der Waals surface area contributed by atoms with Crippen molar-refractivity contribution in [3.63, 3.8) is 0 Å². The van der Waals surface area contributed by atoms with Crippen LogP contribution >= 0.6 is 0 Å². The van der Waals surface area contributed by atoms with E-state index in [0.29, 0.717) is 11.3 Å². The normalized spacial score (nSPS) is 10.4. The van der Waals surface area contributed by atoms with E-state index in [-0.39, 0.29) is 11.4 Å². The Hall–Kier alpha value is -2.40. The Morgan fingerprint density at radius 2 is 1.90 bits per heavy atom. The van der Waals surface area contributed by atoms with Gasteiger partial charge in [0, 0.05) is 12.1 Å². The van der Waals surface area contributed by atoms with Crippen LogP contribution in [0.25, 0.3) is 0 Å². The zero-order valence-electron chi connectivity index (χ0n) is 12.3. The zero-order valence-corrected chi connectivity index (χ0v) is 12.3. The molecule has 0 heterocycles. The number of aryl methyl sites for hydroxylation is 2. The van der Waals surface area contributed by atoms with Crippen LogP contribution in [0.15, 0.2) is 36.4 Å². The van der Waals surface area contributed by atoms with Crippen molar-refractivity contribution in [2.75, 3.05) is 7.05 Å². The molecule has 0 atom stereocenters. The molecular weight excluding hydrogens is 268 g/mol. The summed E-state index contributed by atoms with van der Waals surface area (Å²) in [5.74, 6) is 0.896. The summed E-state index contributed by atoms with van der Waals surface area (Å²) in [6.07, 6.45) is 0. The number of nitro benzene ring substituents is 1. The summed E-state index contributed by atoms with van der Waals surface area (Å²) < 4.78 is 5.75. The second kappa shape index (κ2) is 6.37. The summed E-state index contributed by atoms with van der Waals surface area (Å²) in [5.41, 5.74) is 2.68. The second-order valence-electron chi connectivity index (χ2n) is 4.91. The van der Waals surface area contributed by atoms with Crippen LogP contribution in [0.2, 0.25) is 0 Å². The van der Waals surface area contributed by atoms with Gasteiger partial charge in [0.05, 0.1) is 4.92 Å². The van der Waals surface area contributed by atoms with Crippen LogP contribution in [0.4, 0.5) is 5.69 Å². The van der Waals surface area contributed by atoms with Crippen LogP contribution in [-0.2, 0) is 6.54 Å². The van der Waals surface area contributed by atoms with Crippen LogP contribution in [0.3, 0.4) is 0 Å². The van der Waals surface area contributed by atoms with E-state index < -0.39 is 4.92 Å². The number of hydrogen-bond donors (Lipinski definition) is 1. The fourth-order valence-electron chi connectivity index (χ4n) is 2.21. The lowest BCUT2D eigenvalue weighted by Gasteiger charge is -2.11. The van der Waals surface area contributed by atoms with Crippen molar-refractivity contribution in [1.29, 1.82) is 0 Å². The number of benzene rings is 2. The van der Waals surface area contributed by atoms with Crippen LogP contribution in [0.5, 0.6) is 11.5 Å². The highest BCUT2D eigenvalue weighted by Gasteiger charge is 2.19. The Labute approximate surface area is 123 Å². The van der Waals surface area contributed by atoms with E-state index in [4.69, 9.17) is 4.74 Å². The van der Waals surface area contributed by atoms with Crippen molar-refractivity contribution in [2.24, 2.45) is 0 Å². The van der Waals surface area contributed by atoms with Gasteiger partial charge in [-0.2, -0.15) is 0 Å². The van der Waals surface area contributed by atoms with Crippen LogP contribution in [-0.4, -0.2) is 12.0 Å². The molecule has 0 aromatic heterocycles. The Morgan fingerprint density at radius 3 is 2.52 bits per heavy atom. The van der Waals surface area contributed by atoms with Crippen molar-refractivity contribution in [1.82, 2.24) is 5.32 Å². The SMILES string of the molecule is CNCc1ccc(Oc2cccc(C)c2[N+](=O)[O-])c(C)c1. The monoisotopic (exact) mass is 286 g/mol. The molecule has 5 heteroatoms. The minimum Gasteiger partial charge on any atom is -0.450 e. The number of rotatable bonds is 5. The van der Waals surface area contributed by atoms with Crippen molar-refractivity contribution in [3.05, 3.63) is 63.2 Å². The van der Waals surface area contributed by atoms with Gasteiger partial charge in [0.1, 0.15) is 5.75 Å². The summed E-state index contributed by atoms with van der Waals surface area (Å²) in [5, 5.41) is 14.3. The average Bonchev–Trinajstić information content (AvgIpc) is 2.42. The Kier molecular flexibility index (Phi) is 4.55. The van der Waals surface area contributed by atoms with E-state index in [1.165, 1.54) is 0 Å². The van der Waals surface area contributed by atoms with Gasteiger partial charge in [0.25, 0.3) is 0 Å². The van der Waals surface area contributed by atoms with E-state index in [2.05, 4.69) is 5.32 Å². The molecule has 0 aliphatic heterocycles. The maximum atomic E-state index is 11.2. The molecule has 0 aliphatic rings. The summed E-state index contributed by atoms with van der Waals surface area (Å²) in [7, 11) is 1.88. The first-order chi connectivity index (χ1) is 10.0. The highest BCUT2D eigenvalue weighted by molar-refractivity contribution is 5.54. The molecule has 2 aromatic rings. The molecule has 0 bridgehead atoms. The molecule has 0 fully saturated rings. The maximum Gasteiger partial charge on any atom is 0.314 e. The lowest BCUT2D eigenvalue weighted by atomic mass is 10.1. The molecule has 0 unspecified atom stereocenters. The van der Waals surface area contributed by atoms with Gasteiger partial charge < -0.3 is 10.1 Å². The van der Waals surface area contributed by atoms with E-state index in [0.717, 1.165) is 17.7 Å². The smallest absolute Gasteiger partial charge is 0.314 e. The number of ether oxygens (including phenoxy) is 1. The third-order valence-electron chi connectivity index (χ3n) is 3.22. The molecule has 0 aliphatic carbocycles. The lowest BCUT2D eigenvalue weighted by Crippen LogP contribution is -2.05. The average molecular weight is 286 g/mol. The first kappa shape index (κ1) is 15.0. The largest absolute Gasteiger partial charge is 0.450 e. The predicted octanol–water partition coefficient (Wildman–Crippen LogP) is 3.72. The first-order valence-corrected chi connectivity index (χ1v) is 6.69. The van der Waals surface area contributed by atoms with Crippen molar-refractivity contribution in [3.8, 4) is 11.5 Å². The molecule has 0 saturated heterocycles. The molecule has 0 spiro atoms. The fourth-order valence-corrected chi connectivity index (χ4v) is 2.21. The first-order valence-electron chi connectivity index (χ1n) is 6.69. The second-order valence-corrected chi connectivity index (χ2v) is 4.91. The van der Waals surface area contributed by atoms with Crippen LogP contribution in [0, 0.1) is 24.0 Å². The van der Waals surface area contributed by atoms with Crippen LogP contribution in [0.1, 0.15) is 16.7 Å². The third-order valence-corrected chi connectivity index (χ3v) is 3.22. The molecule has 21 heavy (non-hydrogen) atoms. The highest BCUT2D eigenvalue weighted by atomic mass is 16.6. The quantitative estimate of drug-likeness (QED) is 0.672. The van der Waals surface area contributed by atoms with Crippen LogP contribution < -0.4 is 10.1 Å². The summed E-state index contributed by atoms with van der Waals surface area (Å²) in [6, 6.07) is 10.9. The minimum atomic E-state index is -0.407. The molecule has 0 amide bonds. The summed E-state index contributed by atoms with van der Waals surface area (Å²) >= 11 is 0. The number of nitro groups is 1. The van der Waals surface area contributed by atoms with Crippen molar-refractivity contribution < 1.29 is 9.66 Å². The highest BCUT2D eigenvalue weighted by Crippen LogP contribution is 2.35. The molecule has 0 radical (unpaired) electrons. The van der Waals surface area contributed by atoms with Gasteiger partial charge in [-0.15, -0.1) is 0 Å². The zero-order chi connectivity index (χ0) is 15.4. The number of hydrogen-bond acceptors (Lipinski definition) is 4. The molecule has 2 aromatic carbocycles. The molecular formula is C16H18N2O3. The minimum absolute atomic E-state index is 0.0104. The van der Waals surface area contributed by atoms with E-state index in [1.807, 2.05) is 32.2 Å². The Balaban J connectivity index is 2.35. The number of nitrogens with zero attached hydrogens (tertiary/aromatic N) is 1. The number of para-hydroxylation sites is 1. The molecule has 1 N–H and O–H groups in total. The van der Waals surface area contributed by atoms with Gasteiger partial charge in [-0.05, 0) is 44.2 Å². The maximum absolute atomic E-state index is 11.2. The van der Waals surface area contributed by atoms with Gasteiger partial charge in [-0.25, -0.2) is 0 Å². The fraction of sp³-hybridized carbons (Fsp3) is 0.250. The van der Waals surface area contributed by atoms with Gasteiger partial charge in [0.15, 0.2) is 0 Å². The Bertz CT molecular complexity index is 669. The third kappa shape index (κ3) is 3.38. The number of nitrogens with one attached hydrogen (secondary N) is 1. The van der Waals surface area contributed by atoms with E-state index >= 15 is 0 Å². The summed E-state index contributed by atoms with van der Waals surface area (Å²) in [4.78, 5) is 10.8. The topological polar surface area (TPSA) is 64.4 Å². The van der Waals surface area contributed by atoms with Gasteiger partial charge in [-0.1, -0.05) is 24.3 Å².